The highest BCUT2D eigenvalue weighted by Gasteiger charge is 2.35. The van der Waals surface area contributed by atoms with Gasteiger partial charge in [0.2, 0.25) is 5.91 Å². The van der Waals surface area contributed by atoms with Gasteiger partial charge in [-0.2, -0.15) is 0 Å². The highest BCUT2D eigenvalue weighted by Crippen LogP contribution is 2.41. The van der Waals surface area contributed by atoms with Crippen LogP contribution in [0.4, 0.5) is 0 Å². The molecule has 1 heterocycles. The Morgan fingerprint density at radius 1 is 1.45 bits per heavy atom. The molecule has 5 nitrogen and oxygen atoms in total. The molecule has 1 fully saturated rings. The molecule has 0 spiro atoms. The molecule has 122 valence electrons. The molecule has 6 heteroatoms. The van der Waals surface area contributed by atoms with E-state index < -0.39 is 5.97 Å². The lowest BCUT2D eigenvalue weighted by atomic mass is 9.68. The van der Waals surface area contributed by atoms with E-state index in [1.54, 1.807) is 0 Å². The first kappa shape index (κ1) is 16.9. The zero-order valence-corrected chi connectivity index (χ0v) is 14.2. The lowest BCUT2D eigenvalue weighted by Crippen LogP contribution is -2.39. The third-order valence-corrected chi connectivity index (χ3v) is 5.08. The molecule has 2 unspecified atom stereocenters. The molecule has 1 aliphatic rings. The Balaban J connectivity index is 1.81. The Kier molecular flexibility index (Phi) is 5.21. The van der Waals surface area contributed by atoms with Crippen LogP contribution >= 0.6 is 11.3 Å². The largest absolute Gasteiger partial charge is 0.476 e. The van der Waals surface area contributed by atoms with Gasteiger partial charge in [-0.05, 0) is 30.6 Å². The Hall–Kier alpha value is -1.43. The van der Waals surface area contributed by atoms with E-state index in [-0.39, 0.29) is 22.9 Å². The monoisotopic (exact) mass is 324 g/mol. The van der Waals surface area contributed by atoms with Crippen molar-refractivity contribution in [1.29, 1.82) is 0 Å². The van der Waals surface area contributed by atoms with Crippen molar-refractivity contribution in [1.82, 2.24) is 10.3 Å². The number of carbonyl (C=O) groups is 2. The molecule has 22 heavy (non-hydrogen) atoms. The van der Waals surface area contributed by atoms with Crippen molar-refractivity contribution in [2.45, 2.75) is 46.5 Å². The summed E-state index contributed by atoms with van der Waals surface area (Å²) in [6.45, 7) is 7.18. The van der Waals surface area contributed by atoms with Crippen LogP contribution in [0, 0.1) is 17.3 Å². The van der Waals surface area contributed by atoms with Gasteiger partial charge in [-0.15, -0.1) is 11.3 Å². The number of carboxylic acid groups (broad SMARTS) is 1. The minimum absolute atomic E-state index is 0.0779. The van der Waals surface area contributed by atoms with E-state index >= 15 is 0 Å². The quantitative estimate of drug-likeness (QED) is 0.872. The number of rotatable bonds is 5. The summed E-state index contributed by atoms with van der Waals surface area (Å²) in [5, 5.41) is 14.1. The molecular formula is C16H24N2O3S. The van der Waals surface area contributed by atoms with Crippen molar-refractivity contribution in [3.05, 3.63) is 16.1 Å². The smallest absolute Gasteiger partial charge is 0.355 e. The number of hydrogen-bond acceptors (Lipinski definition) is 4. The Bertz CT molecular complexity index is 553. The molecule has 1 aliphatic carbocycles. The van der Waals surface area contributed by atoms with Crippen LogP contribution in [0.25, 0.3) is 0 Å². The van der Waals surface area contributed by atoms with Crippen LogP contribution in [0.1, 0.15) is 55.5 Å². The number of hydrogen-bond donors (Lipinski definition) is 2. The molecule has 0 aliphatic heterocycles. The molecule has 1 amide bonds. The fourth-order valence-corrected chi connectivity index (χ4v) is 4.28. The summed E-state index contributed by atoms with van der Waals surface area (Å²) in [6, 6.07) is 0. The van der Waals surface area contributed by atoms with Gasteiger partial charge in [-0.3, -0.25) is 4.79 Å². The molecule has 0 bridgehead atoms. The molecule has 2 N–H and O–H groups in total. The van der Waals surface area contributed by atoms with Gasteiger partial charge in [-0.25, -0.2) is 9.78 Å². The molecule has 1 aromatic rings. The molecule has 0 radical (unpaired) electrons. The van der Waals surface area contributed by atoms with Crippen LogP contribution in [0.3, 0.4) is 0 Å². The van der Waals surface area contributed by atoms with Gasteiger partial charge in [0.1, 0.15) is 0 Å². The van der Waals surface area contributed by atoms with Gasteiger partial charge < -0.3 is 10.4 Å². The number of amides is 1. The first-order valence-corrected chi connectivity index (χ1v) is 8.60. The van der Waals surface area contributed by atoms with E-state index in [0.29, 0.717) is 18.9 Å². The second kappa shape index (κ2) is 6.77. The van der Waals surface area contributed by atoms with Gasteiger partial charge in [-0.1, -0.05) is 20.8 Å². The summed E-state index contributed by atoms with van der Waals surface area (Å²) < 4.78 is 0. The SMILES string of the molecule is CC1CC(C(=O)NCCc2nc(C(=O)O)cs2)CC(C)(C)C1. The summed E-state index contributed by atoms with van der Waals surface area (Å²) in [7, 11) is 0. The van der Waals surface area contributed by atoms with E-state index in [2.05, 4.69) is 31.1 Å². The number of aromatic carboxylic acids is 1. The first-order chi connectivity index (χ1) is 10.3. The molecule has 0 aromatic carbocycles. The van der Waals surface area contributed by atoms with Gasteiger partial charge >= 0.3 is 5.97 Å². The number of aromatic nitrogens is 1. The molecule has 1 saturated carbocycles. The van der Waals surface area contributed by atoms with Crippen molar-refractivity contribution >= 4 is 23.2 Å². The zero-order valence-electron chi connectivity index (χ0n) is 13.4. The fourth-order valence-electron chi connectivity index (χ4n) is 3.51. The molecule has 2 atom stereocenters. The highest BCUT2D eigenvalue weighted by atomic mass is 32.1. The third-order valence-electron chi connectivity index (χ3n) is 4.17. The van der Waals surface area contributed by atoms with Gasteiger partial charge in [0.05, 0.1) is 5.01 Å². The van der Waals surface area contributed by atoms with E-state index in [9.17, 15) is 9.59 Å². The predicted molar refractivity (Wildman–Crippen MR) is 86.1 cm³/mol. The topological polar surface area (TPSA) is 79.3 Å². The summed E-state index contributed by atoms with van der Waals surface area (Å²) >= 11 is 1.32. The number of thiazole rings is 1. The average molecular weight is 324 g/mol. The minimum atomic E-state index is -1.01. The van der Waals surface area contributed by atoms with Gasteiger partial charge in [0.15, 0.2) is 5.69 Å². The second-order valence-electron chi connectivity index (χ2n) is 7.08. The van der Waals surface area contributed by atoms with Crippen molar-refractivity contribution in [3.63, 3.8) is 0 Å². The lowest BCUT2D eigenvalue weighted by Gasteiger charge is -2.38. The minimum Gasteiger partial charge on any atom is -0.476 e. The Labute approximate surface area is 135 Å². The zero-order chi connectivity index (χ0) is 16.3. The summed E-state index contributed by atoms with van der Waals surface area (Å²) in [5.41, 5.74) is 0.305. The van der Waals surface area contributed by atoms with Crippen LogP contribution in [-0.2, 0) is 11.2 Å². The van der Waals surface area contributed by atoms with Crippen LogP contribution in [0.5, 0.6) is 0 Å². The first-order valence-electron chi connectivity index (χ1n) is 7.72. The van der Waals surface area contributed by atoms with E-state index in [0.717, 1.165) is 17.8 Å². The third kappa shape index (κ3) is 4.53. The van der Waals surface area contributed by atoms with Crippen molar-refractivity contribution in [3.8, 4) is 0 Å². The van der Waals surface area contributed by atoms with E-state index in [4.69, 9.17) is 5.11 Å². The van der Waals surface area contributed by atoms with Crippen molar-refractivity contribution in [2.75, 3.05) is 6.54 Å². The summed E-state index contributed by atoms with van der Waals surface area (Å²) in [5.74, 6) is -0.221. The summed E-state index contributed by atoms with van der Waals surface area (Å²) in [4.78, 5) is 27.1. The van der Waals surface area contributed by atoms with E-state index in [1.807, 2.05) is 0 Å². The number of carboxylic acids is 1. The Morgan fingerprint density at radius 2 is 2.18 bits per heavy atom. The predicted octanol–water partition coefficient (Wildman–Crippen LogP) is 2.96. The molecular weight excluding hydrogens is 300 g/mol. The molecule has 1 aromatic heterocycles. The standard InChI is InChI=1S/C16H24N2O3S/c1-10-6-11(8-16(2,3)7-10)14(19)17-5-4-13-18-12(9-22-13)15(20)21/h9-11H,4-8H2,1-3H3,(H,17,19)(H,20,21). The lowest BCUT2D eigenvalue weighted by molar-refractivity contribution is -0.127. The average Bonchev–Trinajstić information content (AvgIpc) is 2.85. The number of carbonyl (C=O) groups excluding carboxylic acids is 1. The maximum atomic E-state index is 12.3. The Morgan fingerprint density at radius 3 is 2.77 bits per heavy atom. The van der Waals surface area contributed by atoms with Crippen molar-refractivity contribution < 1.29 is 14.7 Å². The maximum Gasteiger partial charge on any atom is 0.355 e. The summed E-state index contributed by atoms with van der Waals surface area (Å²) in [6.07, 6.45) is 3.64. The number of nitrogens with zero attached hydrogens (tertiary/aromatic N) is 1. The van der Waals surface area contributed by atoms with Gasteiger partial charge in [0, 0.05) is 24.3 Å². The van der Waals surface area contributed by atoms with Crippen LogP contribution in [0.15, 0.2) is 5.38 Å². The van der Waals surface area contributed by atoms with Crippen molar-refractivity contribution in [2.24, 2.45) is 17.3 Å². The van der Waals surface area contributed by atoms with Crippen LogP contribution in [-0.4, -0.2) is 28.5 Å². The van der Waals surface area contributed by atoms with Crippen LogP contribution < -0.4 is 5.32 Å². The molecule has 0 saturated heterocycles. The molecule has 2 rings (SSSR count). The highest BCUT2D eigenvalue weighted by molar-refractivity contribution is 7.09. The second-order valence-corrected chi connectivity index (χ2v) is 8.03. The number of nitrogens with one attached hydrogen (secondary N) is 1. The van der Waals surface area contributed by atoms with Crippen LogP contribution in [0.2, 0.25) is 0 Å². The van der Waals surface area contributed by atoms with E-state index in [1.165, 1.54) is 23.1 Å². The van der Waals surface area contributed by atoms with Gasteiger partial charge in [0.25, 0.3) is 0 Å². The fraction of sp³-hybridized carbons (Fsp3) is 0.688. The normalized spacial score (nSPS) is 24.0. The maximum absolute atomic E-state index is 12.3.